The number of hydrogen-bond acceptors (Lipinski definition) is 3. The Morgan fingerprint density at radius 3 is 2.36 bits per heavy atom. The van der Waals surface area contributed by atoms with Crippen molar-refractivity contribution in [2.24, 2.45) is 0 Å². The number of unbranched alkanes of at least 4 members (excludes halogenated alkanes) is 1. The molecule has 0 aliphatic carbocycles. The van der Waals surface area contributed by atoms with Crippen LogP contribution in [0.15, 0.2) is 30.3 Å². The van der Waals surface area contributed by atoms with E-state index in [9.17, 15) is 14.7 Å². The van der Waals surface area contributed by atoms with E-state index >= 15 is 0 Å². The number of carboxylic acid groups (broad SMARTS) is 1. The highest BCUT2D eigenvalue weighted by Gasteiger charge is 2.28. The van der Waals surface area contributed by atoms with Crippen LogP contribution in [-0.4, -0.2) is 41.5 Å². The second-order valence-electron chi connectivity index (χ2n) is 5.43. The number of likely N-dealkylation sites (N-methyl/N-ethyl adjacent to an activating group) is 1. The fourth-order valence-electron chi connectivity index (χ4n) is 2.34. The van der Waals surface area contributed by atoms with Crippen molar-refractivity contribution in [3.8, 4) is 0 Å². The van der Waals surface area contributed by atoms with Gasteiger partial charge >= 0.3 is 5.97 Å². The molecule has 22 heavy (non-hydrogen) atoms. The molecule has 0 fully saturated rings. The zero-order chi connectivity index (χ0) is 16.5. The number of rotatable bonds is 9. The third-order valence-corrected chi connectivity index (χ3v) is 3.76. The predicted molar refractivity (Wildman–Crippen MR) is 86.6 cm³/mol. The van der Waals surface area contributed by atoms with E-state index in [-0.39, 0.29) is 5.91 Å². The van der Waals surface area contributed by atoms with E-state index in [2.05, 4.69) is 5.32 Å². The van der Waals surface area contributed by atoms with Crippen molar-refractivity contribution in [3.05, 3.63) is 35.9 Å². The molecule has 5 nitrogen and oxygen atoms in total. The van der Waals surface area contributed by atoms with E-state index in [0.717, 1.165) is 18.4 Å². The molecule has 2 N–H and O–H groups in total. The molecule has 1 amide bonds. The topological polar surface area (TPSA) is 69.6 Å². The lowest BCUT2D eigenvalue weighted by Gasteiger charge is -2.27. The summed E-state index contributed by atoms with van der Waals surface area (Å²) in [5.41, 5.74) is 0.865. The second-order valence-corrected chi connectivity index (χ2v) is 5.43. The van der Waals surface area contributed by atoms with Crippen molar-refractivity contribution in [2.45, 2.75) is 45.2 Å². The van der Waals surface area contributed by atoms with Gasteiger partial charge in [0.1, 0.15) is 12.1 Å². The normalized spacial score (nSPS) is 13.6. The summed E-state index contributed by atoms with van der Waals surface area (Å²) < 4.78 is 0. The van der Waals surface area contributed by atoms with Gasteiger partial charge in [-0.05, 0) is 25.6 Å². The second kappa shape index (κ2) is 9.20. The Balaban J connectivity index is 2.90. The number of amides is 1. The monoisotopic (exact) mass is 306 g/mol. The van der Waals surface area contributed by atoms with Crippen molar-refractivity contribution in [1.29, 1.82) is 0 Å². The summed E-state index contributed by atoms with van der Waals surface area (Å²) in [7, 11) is 1.86. The van der Waals surface area contributed by atoms with Crippen LogP contribution in [0.25, 0.3) is 0 Å². The molecule has 5 heteroatoms. The first-order chi connectivity index (χ1) is 10.5. The van der Waals surface area contributed by atoms with Crippen LogP contribution in [0.3, 0.4) is 0 Å². The van der Waals surface area contributed by atoms with Crippen LogP contribution in [0, 0.1) is 0 Å². The molecule has 0 saturated heterocycles. The van der Waals surface area contributed by atoms with E-state index in [4.69, 9.17) is 0 Å². The average molecular weight is 306 g/mol. The predicted octanol–water partition coefficient (Wildman–Crippen LogP) is 2.44. The fraction of sp³-hybridized carbons (Fsp3) is 0.529. The SMILES string of the molecule is CCCCC(NC(=O)C(c1ccccc1)N(C)CC)C(=O)O. The van der Waals surface area contributed by atoms with Gasteiger partial charge in [-0.1, -0.05) is 57.0 Å². The van der Waals surface area contributed by atoms with Gasteiger partial charge in [-0.15, -0.1) is 0 Å². The minimum atomic E-state index is -0.979. The van der Waals surface area contributed by atoms with Crippen LogP contribution < -0.4 is 5.32 Å². The molecule has 122 valence electrons. The molecule has 0 radical (unpaired) electrons. The zero-order valence-electron chi connectivity index (χ0n) is 13.6. The highest BCUT2D eigenvalue weighted by atomic mass is 16.4. The highest BCUT2D eigenvalue weighted by Crippen LogP contribution is 2.19. The number of carboxylic acids is 1. The summed E-state index contributed by atoms with van der Waals surface area (Å²) in [5.74, 6) is -1.24. The molecule has 1 aromatic rings. The standard InChI is InChI=1S/C17H26N2O3/c1-4-6-12-14(17(21)22)18-16(20)15(19(3)5-2)13-10-8-7-9-11-13/h7-11,14-15H,4-6,12H2,1-3H3,(H,18,20)(H,21,22). The minimum absolute atomic E-state index is 0.265. The molecule has 0 spiro atoms. The molecule has 1 rings (SSSR count). The lowest BCUT2D eigenvalue weighted by molar-refractivity contribution is -0.143. The number of carbonyl (C=O) groups is 2. The summed E-state index contributed by atoms with van der Waals surface area (Å²) in [4.78, 5) is 25.8. The van der Waals surface area contributed by atoms with E-state index in [1.807, 2.05) is 56.1 Å². The molecule has 0 aliphatic rings. The quantitative estimate of drug-likeness (QED) is 0.735. The number of benzene rings is 1. The van der Waals surface area contributed by atoms with Crippen LogP contribution in [0.5, 0.6) is 0 Å². The zero-order valence-corrected chi connectivity index (χ0v) is 13.6. The molecule has 0 heterocycles. The summed E-state index contributed by atoms with van der Waals surface area (Å²) in [6, 6.07) is 8.12. The van der Waals surface area contributed by atoms with Crippen LogP contribution in [0.1, 0.15) is 44.7 Å². The number of nitrogens with zero attached hydrogens (tertiary/aromatic N) is 1. The molecule has 2 atom stereocenters. The van der Waals surface area contributed by atoms with Crippen LogP contribution in [-0.2, 0) is 9.59 Å². The van der Waals surface area contributed by atoms with Crippen molar-refractivity contribution in [3.63, 3.8) is 0 Å². The summed E-state index contributed by atoms with van der Waals surface area (Å²) in [5, 5.41) is 12.0. The van der Waals surface area contributed by atoms with E-state index in [0.29, 0.717) is 13.0 Å². The Bertz CT molecular complexity index is 476. The van der Waals surface area contributed by atoms with Gasteiger partial charge in [0, 0.05) is 0 Å². The summed E-state index contributed by atoms with van der Waals surface area (Å²) in [6.45, 7) is 4.66. The third kappa shape index (κ3) is 5.15. The smallest absolute Gasteiger partial charge is 0.326 e. The Morgan fingerprint density at radius 2 is 1.86 bits per heavy atom. The van der Waals surface area contributed by atoms with Gasteiger partial charge in [0.2, 0.25) is 5.91 Å². The molecular weight excluding hydrogens is 280 g/mol. The van der Waals surface area contributed by atoms with Gasteiger partial charge < -0.3 is 10.4 Å². The van der Waals surface area contributed by atoms with Gasteiger partial charge in [0.25, 0.3) is 0 Å². The first kappa shape index (κ1) is 18.2. The average Bonchev–Trinajstić information content (AvgIpc) is 2.52. The summed E-state index contributed by atoms with van der Waals surface area (Å²) >= 11 is 0. The lowest BCUT2D eigenvalue weighted by Crippen LogP contribution is -2.46. The Morgan fingerprint density at radius 1 is 1.23 bits per heavy atom. The fourth-order valence-corrected chi connectivity index (χ4v) is 2.34. The van der Waals surface area contributed by atoms with Crippen molar-refractivity contribution >= 4 is 11.9 Å². The molecule has 1 aromatic carbocycles. The highest BCUT2D eigenvalue weighted by molar-refractivity contribution is 5.87. The maximum Gasteiger partial charge on any atom is 0.326 e. The largest absolute Gasteiger partial charge is 0.480 e. The van der Waals surface area contributed by atoms with E-state index in [1.165, 1.54) is 0 Å². The van der Waals surface area contributed by atoms with Crippen LogP contribution in [0.4, 0.5) is 0 Å². The Hall–Kier alpha value is -1.88. The number of hydrogen-bond donors (Lipinski definition) is 2. The van der Waals surface area contributed by atoms with Crippen molar-refractivity contribution in [1.82, 2.24) is 10.2 Å². The van der Waals surface area contributed by atoms with E-state index in [1.54, 1.807) is 0 Å². The molecule has 0 saturated carbocycles. The van der Waals surface area contributed by atoms with E-state index < -0.39 is 18.1 Å². The number of carbonyl (C=O) groups excluding carboxylic acids is 1. The number of nitrogens with one attached hydrogen (secondary N) is 1. The molecule has 0 bridgehead atoms. The van der Waals surface area contributed by atoms with Crippen LogP contribution in [0.2, 0.25) is 0 Å². The van der Waals surface area contributed by atoms with Crippen molar-refractivity contribution in [2.75, 3.05) is 13.6 Å². The Kier molecular flexibility index (Phi) is 7.60. The maximum atomic E-state index is 12.6. The van der Waals surface area contributed by atoms with Crippen molar-refractivity contribution < 1.29 is 14.7 Å². The van der Waals surface area contributed by atoms with Gasteiger partial charge in [0.15, 0.2) is 0 Å². The molecule has 0 aliphatic heterocycles. The first-order valence-corrected chi connectivity index (χ1v) is 7.79. The minimum Gasteiger partial charge on any atom is -0.480 e. The van der Waals surface area contributed by atoms with Gasteiger partial charge in [-0.3, -0.25) is 9.69 Å². The third-order valence-electron chi connectivity index (χ3n) is 3.76. The van der Waals surface area contributed by atoms with Gasteiger partial charge in [-0.25, -0.2) is 4.79 Å². The van der Waals surface area contributed by atoms with Gasteiger partial charge in [-0.2, -0.15) is 0 Å². The molecule has 0 aromatic heterocycles. The molecule has 2 unspecified atom stereocenters. The molecular formula is C17H26N2O3. The van der Waals surface area contributed by atoms with Gasteiger partial charge in [0.05, 0.1) is 0 Å². The van der Waals surface area contributed by atoms with Crippen LogP contribution >= 0.6 is 0 Å². The summed E-state index contributed by atoms with van der Waals surface area (Å²) in [6.07, 6.45) is 2.13. The number of aliphatic carboxylic acids is 1. The maximum absolute atomic E-state index is 12.6. The Labute approximate surface area is 132 Å². The lowest BCUT2D eigenvalue weighted by atomic mass is 10.0. The first-order valence-electron chi connectivity index (χ1n) is 7.79.